The monoisotopic (exact) mass is 318 g/mol. The van der Waals surface area contributed by atoms with Gasteiger partial charge >= 0.3 is 12.0 Å². The summed E-state index contributed by atoms with van der Waals surface area (Å²) in [6, 6.07) is -1.26. The Labute approximate surface area is 122 Å². The van der Waals surface area contributed by atoms with E-state index in [4.69, 9.17) is 5.11 Å². The van der Waals surface area contributed by atoms with Gasteiger partial charge in [0.1, 0.15) is 0 Å². The standard InChI is InChI=1S/C12H18N2O6S/c1-7-6-21(19,20)5-4-14(7)12(18)13-10(15)8(2)9(3)11(16)17/h7H,4-6H2,1-3H3,(H,16,17)(H,13,15,18). The van der Waals surface area contributed by atoms with Crippen molar-refractivity contribution in [2.45, 2.75) is 26.8 Å². The summed E-state index contributed by atoms with van der Waals surface area (Å²) in [5.74, 6) is -2.35. The van der Waals surface area contributed by atoms with Gasteiger partial charge < -0.3 is 10.0 Å². The number of sulfone groups is 1. The predicted octanol–water partition coefficient (Wildman–Crippen LogP) is -0.237. The molecule has 3 amide bonds. The summed E-state index contributed by atoms with van der Waals surface area (Å²) in [7, 11) is -3.16. The van der Waals surface area contributed by atoms with Gasteiger partial charge in [0.15, 0.2) is 9.84 Å². The topological polar surface area (TPSA) is 121 Å². The largest absolute Gasteiger partial charge is 0.478 e. The minimum atomic E-state index is -3.16. The second kappa shape index (κ2) is 6.25. The van der Waals surface area contributed by atoms with Crippen molar-refractivity contribution in [1.29, 1.82) is 0 Å². The first-order valence-corrected chi connectivity index (χ1v) is 8.10. The first kappa shape index (κ1) is 17.2. The van der Waals surface area contributed by atoms with Crippen LogP contribution in [0, 0.1) is 0 Å². The molecule has 9 heteroatoms. The molecule has 0 radical (unpaired) electrons. The van der Waals surface area contributed by atoms with E-state index in [0.29, 0.717) is 0 Å². The molecule has 1 atom stereocenters. The average Bonchev–Trinajstić information content (AvgIpc) is 2.35. The zero-order valence-electron chi connectivity index (χ0n) is 12.0. The number of aliphatic carboxylic acids is 1. The van der Waals surface area contributed by atoms with E-state index in [-0.39, 0.29) is 29.2 Å². The van der Waals surface area contributed by atoms with Crippen molar-refractivity contribution in [3.8, 4) is 0 Å². The van der Waals surface area contributed by atoms with Gasteiger partial charge in [-0.05, 0) is 20.8 Å². The quantitative estimate of drug-likeness (QED) is 0.678. The van der Waals surface area contributed by atoms with E-state index >= 15 is 0 Å². The predicted molar refractivity (Wildman–Crippen MR) is 74.4 cm³/mol. The molecular weight excluding hydrogens is 300 g/mol. The molecule has 1 heterocycles. The van der Waals surface area contributed by atoms with Crippen molar-refractivity contribution >= 4 is 27.7 Å². The van der Waals surface area contributed by atoms with E-state index in [0.717, 1.165) is 0 Å². The third kappa shape index (κ3) is 4.28. The second-order valence-corrected chi connectivity index (χ2v) is 7.20. The van der Waals surface area contributed by atoms with Gasteiger partial charge in [0, 0.05) is 23.7 Å². The molecule has 2 N–H and O–H groups in total. The van der Waals surface area contributed by atoms with Crippen LogP contribution in [0.5, 0.6) is 0 Å². The number of carbonyl (C=O) groups is 3. The van der Waals surface area contributed by atoms with E-state index in [2.05, 4.69) is 5.32 Å². The molecule has 1 aliphatic heterocycles. The molecule has 1 rings (SSSR count). The maximum absolute atomic E-state index is 12.0. The van der Waals surface area contributed by atoms with Crippen molar-refractivity contribution < 1.29 is 27.9 Å². The van der Waals surface area contributed by atoms with Crippen LogP contribution in [0.15, 0.2) is 11.1 Å². The fraction of sp³-hybridized carbons (Fsp3) is 0.583. The Hall–Kier alpha value is -1.90. The van der Waals surface area contributed by atoms with Crippen molar-refractivity contribution in [2.24, 2.45) is 0 Å². The lowest BCUT2D eigenvalue weighted by Crippen LogP contribution is -2.54. The fourth-order valence-electron chi connectivity index (χ4n) is 1.89. The van der Waals surface area contributed by atoms with Gasteiger partial charge in [-0.3, -0.25) is 10.1 Å². The number of rotatable bonds is 2. The van der Waals surface area contributed by atoms with Crippen molar-refractivity contribution in [3.63, 3.8) is 0 Å². The molecule has 0 bridgehead atoms. The maximum atomic E-state index is 12.0. The Bertz CT molecular complexity index is 607. The summed E-state index contributed by atoms with van der Waals surface area (Å²) in [6.45, 7) is 4.14. The molecule has 0 saturated carbocycles. The molecule has 0 aromatic heterocycles. The van der Waals surface area contributed by atoms with Crippen LogP contribution in [0.1, 0.15) is 20.8 Å². The molecule has 0 spiro atoms. The van der Waals surface area contributed by atoms with Crippen molar-refractivity contribution in [1.82, 2.24) is 10.2 Å². The third-order valence-electron chi connectivity index (χ3n) is 3.38. The van der Waals surface area contributed by atoms with Crippen LogP contribution in [0.25, 0.3) is 0 Å². The van der Waals surface area contributed by atoms with E-state index in [1.54, 1.807) is 6.92 Å². The first-order valence-electron chi connectivity index (χ1n) is 6.28. The molecule has 118 valence electrons. The summed E-state index contributed by atoms with van der Waals surface area (Å²) < 4.78 is 22.9. The number of hydrogen-bond acceptors (Lipinski definition) is 5. The zero-order valence-corrected chi connectivity index (χ0v) is 12.9. The van der Waals surface area contributed by atoms with Crippen molar-refractivity contribution in [2.75, 3.05) is 18.1 Å². The molecule has 0 aromatic rings. The van der Waals surface area contributed by atoms with Gasteiger partial charge in [0.05, 0.1) is 11.5 Å². The molecule has 8 nitrogen and oxygen atoms in total. The van der Waals surface area contributed by atoms with E-state index in [9.17, 15) is 22.8 Å². The van der Waals surface area contributed by atoms with Crippen LogP contribution in [-0.2, 0) is 19.4 Å². The SMILES string of the molecule is CC(C(=O)O)=C(C)C(=O)NC(=O)N1CCS(=O)(=O)CC1C. The van der Waals surface area contributed by atoms with Crippen LogP contribution in [0.2, 0.25) is 0 Å². The Morgan fingerprint density at radius 1 is 1.19 bits per heavy atom. The van der Waals surface area contributed by atoms with Gasteiger partial charge in [-0.1, -0.05) is 0 Å². The highest BCUT2D eigenvalue weighted by Crippen LogP contribution is 2.12. The van der Waals surface area contributed by atoms with E-state index in [1.165, 1.54) is 18.7 Å². The molecule has 1 unspecified atom stereocenters. The lowest BCUT2D eigenvalue weighted by atomic mass is 10.1. The van der Waals surface area contributed by atoms with E-state index < -0.39 is 33.8 Å². The summed E-state index contributed by atoms with van der Waals surface area (Å²) >= 11 is 0. The summed E-state index contributed by atoms with van der Waals surface area (Å²) in [5, 5.41) is 10.9. The molecular formula is C12H18N2O6S. The summed E-state index contributed by atoms with van der Waals surface area (Å²) in [6.07, 6.45) is 0. The van der Waals surface area contributed by atoms with Gasteiger partial charge in [0.2, 0.25) is 0 Å². The Morgan fingerprint density at radius 2 is 1.76 bits per heavy atom. The lowest BCUT2D eigenvalue weighted by molar-refractivity contribution is -0.133. The molecule has 0 aromatic carbocycles. The highest BCUT2D eigenvalue weighted by atomic mass is 32.2. The maximum Gasteiger partial charge on any atom is 0.331 e. The van der Waals surface area contributed by atoms with Gasteiger partial charge in [-0.2, -0.15) is 0 Å². The molecule has 1 saturated heterocycles. The van der Waals surface area contributed by atoms with Crippen LogP contribution in [0.3, 0.4) is 0 Å². The number of nitrogens with zero attached hydrogens (tertiary/aromatic N) is 1. The van der Waals surface area contributed by atoms with Crippen molar-refractivity contribution in [3.05, 3.63) is 11.1 Å². The Morgan fingerprint density at radius 3 is 2.24 bits per heavy atom. The molecule has 0 aliphatic carbocycles. The molecule has 1 fully saturated rings. The highest BCUT2D eigenvalue weighted by molar-refractivity contribution is 7.91. The molecule has 21 heavy (non-hydrogen) atoms. The number of amides is 3. The smallest absolute Gasteiger partial charge is 0.331 e. The summed E-state index contributed by atoms with van der Waals surface area (Å²) in [4.78, 5) is 35.7. The van der Waals surface area contributed by atoms with E-state index in [1.807, 2.05) is 0 Å². The van der Waals surface area contributed by atoms with Crippen LogP contribution in [-0.4, -0.2) is 60.4 Å². The van der Waals surface area contributed by atoms with Crippen LogP contribution >= 0.6 is 0 Å². The number of imide groups is 1. The zero-order chi connectivity index (χ0) is 16.4. The normalized spacial score (nSPS) is 22.2. The highest BCUT2D eigenvalue weighted by Gasteiger charge is 2.32. The first-order chi connectivity index (χ1) is 9.55. The number of hydrogen-bond donors (Lipinski definition) is 2. The third-order valence-corrected chi connectivity index (χ3v) is 5.17. The van der Waals surface area contributed by atoms with Crippen LogP contribution < -0.4 is 5.32 Å². The second-order valence-electron chi connectivity index (χ2n) is 4.97. The summed E-state index contributed by atoms with van der Waals surface area (Å²) in [5.41, 5.74) is -0.234. The molecule has 1 aliphatic rings. The number of carboxylic acids is 1. The lowest BCUT2D eigenvalue weighted by Gasteiger charge is -2.32. The fourth-order valence-corrected chi connectivity index (χ4v) is 3.45. The van der Waals surface area contributed by atoms with Crippen LogP contribution in [0.4, 0.5) is 4.79 Å². The number of nitrogens with one attached hydrogen (secondary N) is 1. The average molecular weight is 318 g/mol. The minimum absolute atomic E-state index is 0.00326. The number of carbonyl (C=O) groups excluding carboxylic acids is 2. The Kier molecular flexibility index (Phi) is 5.10. The van der Waals surface area contributed by atoms with Gasteiger partial charge in [-0.15, -0.1) is 0 Å². The van der Waals surface area contributed by atoms with Gasteiger partial charge in [-0.25, -0.2) is 18.0 Å². The Balaban J connectivity index is 2.77. The minimum Gasteiger partial charge on any atom is -0.478 e. The van der Waals surface area contributed by atoms with Gasteiger partial charge in [0.25, 0.3) is 5.91 Å². The number of carboxylic acid groups (broad SMARTS) is 1. The number of urea groups is 1.